The van der Waals surface area contributed by atoms with Gasteiger partial charge in [0.25, 0.3) is 5.91 Å². The summed E-state index contributed by atoms with van der Waals surface area (Å²) >= 11 is 0. The molecule has 6 nitrogen and oxygen atoms in total. The summed E-state index contributed by atoms with van der Waals surface area (Å²) in [6.45, 7) is 12.0. The first-order valence-electron chi connectivity index (χ1n) is 11.0. The van der Waals surface area contributed by atoms with Crippen molar-refractivity contribution < 1.29 is 9.59 Å². The Kier molecular flexibility index (Phi) is 7.33. The van der Waals surface area contributed by atoms with E-state index in [9.17, 15) is 9.59 Å². The fourth-order valence-corrected chi connectivity index (χ4v) is 3.72. The largest absolute Gasteiger partial charge is 0.369 e. The minimum Gasteiger partial charge on any atom is -0.369 e. The highest BCUT2D eigenvalue weighted by Crippen LogP contribution is 2.24. The summed E-state index contributed by atoms with van der Waals surface area (Å²) in [6, 6.07) is 12.9. The lowest BCUT2D eigenvalue weighted by Crippen LogP contribution is -2.47. The molecule has 1 aliphatic rings. The van der Waals surface area contributed by atoms with Crippen LogP contribution in [-0.4, -0.2) is 56.0 Å². The summed E-state index contributed by atoms with van der Waals surface area (Å²) in [7, 11) is 2.14. The number of rotatable bonds is 6. The third-order valence-electron chi connectivity index (χ3n) is 5.89. The van der Waals surface area contributed by atoms with Gasteiger partial charge in [0, 0.05) is 43.1 Å². The molecule has 0 spiro atoms. The average molecular weight is 423 g/mol. The predicted octanol–water partition coefficient (Wildman–Crippen LogP) is 3.45. The second-order valence-electron chi connectivity index (χ2n) is 8.84. The van der Waals surface area contributed by atoms with Gasteiger partial charge < -0.3 is 20.4 Å². The van der Waals surface area contributed by atoms with Crippen molar-refractivity contribution in [3.63, 3.8) is 0 Å². The van der Waals surface area contributed by atoms with Gasteiger partial charge in [-0.05, 0) is 62.7 Å². The Morgan fingerprint density at radius 1 is 0.935 bits per heavy atom. The van der Waals surface area contributed by atoms with Crippen molar-refractivity contribution in [1.29, 1.82) is 0 Å². The van der Waals surface area contributed by atoms with Crippen LogP contribution in [-0.2, 0) is 4.79 Å². The molecule has 0 radical (unpaired) electrons. The monoisotopic (exact) mass is 422 g/mol. The first kappa shape index (κ1) is 22.8. The highest BCUT2D eigenvalue weighted by Gasteiger charge is 2.25. The number of nitrogens with one attached hydrogen (secondary N) is 2. The molecule has 6 heteroatoms. The van der Waals surface area contributed by atoms with E-state index in [1.54, 1.807) is 12.1 Å². The first-order valence-corrected chi connectivity index (χ1v) is 11.0. The van der Waals surface area contributed by atoms with Crippen LogP contribution in [0.5, 0.6) is 0 Å². The van der Waals surface area contributed by atoms with E-state index in [0.29, 0.717) is 5.56 Å². The Morgan fingerprint density at radius 3 is 2.16 bits per heavy atom. The summed E-state index contributed by atoms with van der Waals surface area (Å²) < 4.78 is 0. The summed E-state index contributed by atoms with van der Waals surface area (Å²) in [4.78, 5) is 30.3. The van der Waals surface area contributed by atoms with E-state index in [-0.39, 0.29) is 17.7 Å². The predicted molar refractivity (Wildman–Crippen MR) is 127 cm³/mol. The Hall–Kier alpha value is -2.86. The number of hydrogen-bond donors (Lipinski definition) is 2. The number of anilines is 2. The lowest BCUT2D eigenvalue weighted by molar-refractivity contribution is -0.118. The maximum atomic E-state index is 13.0. The smallest absolute Gasteiger partial charge is 0.251 e. The SMILES string of the molecule is Cc1ccc(C(=O)N[C@H](C(=O)Nc2ccc(N3CCN(C)CC3)cc2C)C(C)C)cc1. The number of hydrogen-bond acceptors (Lipinski definition) is 4. The molecule has 2 amide bonds. The van der Waals surface area contributed by atoms with E-state index in [1.165, 1.54) is 5.69 Å². The van der Waals surface area contributed by atoms with Crippen molar-refractivity contribution in [2.75, 3.05) is 43.4 Å². The van der Waals surface area contributed by atoms with Crippen molar-refractivity contribution in [2.24, 2.45) is 5.92 Å². The van der Waals surface area contributed by atoms with Crippen LogP contribution in [0.25, 0.3) is 0 Å². The van der Waals surface area contributed by atoms with E-state index in [2.05, 4.69) is 39.6 Å². The zero-order valence-corrected chi connectivity index (χ0v) is 19.2. The van der Waals surface area contributed by atoms with Gasteiger partial charge in [-0.2, -0.15) is 0 Å². The van der Waals surface area contributed by atoms with Gasteiger partial charge in [0.2, 0.25) is 5.91 Å². The molecule has 2 aromatic rings. The van der Waals surface area contributed by atoms with E-state index >= 15 is 0 Å². The molecule has 0 saturated carbocycles. The van der Waals surface area contributed by atoms with Crippen molar-refractivity contribution in [3.05, 3.63) is 59.2 Å². The molecule has 2 N–H and O–H groups in total. The minimum atomic E-state index is -0.620. The van der Waals surface area contributed by atoms with Crippen LogP contribution in [0.1, 0.15) is 35.3 Å². The first-order chi connectivity index (χ1) is 14.7. The number of amides is 2. The minimum absolute atomic E-state index is 0.0423. The molecular formula is C25H34N4O2. The number of aryl methyl sites for hydroxylation is 2. The molecule has 0 unspecified atom stereocenters. The Balaban J connectivity index is 1.67. The molecule has 0 aliphatic carbocycles. The number of nitrogens with zero attached hydrogens (tertiary/aromatic N) is 2. The molecular weight excluding hydrogens is 388 g/mol. The quantitative estimate of drug-likeness (QED) is 0.748. The molecule has 0 bridgehead atoms. The van der Waals surface area contributed by atoms with Gasteiger partial charge in [-0.15, -0.1) is 0 Å². The molecule has 3 rings (SSSR count). The summed E-state index contributed by atoms with van der Waals surface area (Å²) in [6.07, 6.45) is 0. The van der Waals surface area contributed by atoms with Crippen LogP contribution in [0.2, 0.25) is 0 Å². The van der Waals surface area contributed by atoms with E-state index in [0.717, 1.165) is 43.0 Å². The Bertz CT molecular complexity index is 916. The zero-order valence-electron chi connectivity index (χ0n) is 19.2. The third-order valence-corrected chi connectivity index (χ3v) is 5.89. The molecule has 1 heterocycles. The Morgan fingerprint density at radius 2 is 1.58 bits per heavy atom. The van der Waals surface area contributed by atoms with Gasteiger partial charge in [0.15, 0.2) is 0 Å². The number of likely N-dealkylation sites (N-methyl/N-ethyl adjacent to an activating group) is 1. The van der Waals surface area contributed by atoms with Gasteiger partial charge >= 0.3 is 0 Å². The molecule has 1 aliphatic heterocycles. The lowest BCUT2D eigenvalue weighted by Gasteiger charge is -2.34. The third kappa shape index (κ3) is 5.85. The van der Waals surface area contributed by atoms with Crippen molar-refractivity contribution in [3.8, 4) is 0 Å². The van der Waals surface area contributed by atoms with Crippen LogP contribution in [0.4, 0.5) is 11.4 Å². The molecule has 166 valence electrons. The maximum absolute atomic E-state index is 13.0. The summed E-state index contributed by atoms with van der Waals surface area (Å²) in [5, 5.41) is 5.91. The highest BCUT2D eigenvalue weighted by atomic mass is 16.2. The van der Waals surface area contributed by atoms with Crippen molar-refractivity contribution in [2.45, 2.75) is 33.7 Å². The molecule has 31 heavy (non-hydrogen) atoms. The fraction of sp³-hybridized carbons (Fsp3) is 0.440. The molecule has 0 aromatic heterocycles. The number of benzene rings is 2. The van der Waals surface area contributed by atoms with Gasteiger partial charge in [-0.25, -0.2) is 0 Å². The van der Waals surface area contributed by atoms with Crippen LogP contribution < -0.4 is 15.5 Å². The van der Waals surface area contributed by atoms with Crippen LogP contribution in [0.3, 0.4) is 0 Å². The molecule has 1 atom stereocenters. The topological polar surface area (TPSA) is 64.7 Å². The van der Waals surface area contributed by atoms with E-state index in [4.69, 9.17) is 0 Å². The zero-order chi connectivity index (χ0) is 22.5. The standard InChI is InChI=1S/C25H34N4O2/c1-17(2)23(27-24(30)20-8-6-18(3)7-9-20)25(31)26-22-11-10-21(16-19(22)4)29-14-12-28(5)13-15-29/h6-11,16-17,23H,12-15H2,1-5H3,(H,26,31)(H,27,30)/t23-/m0/s1. The van der Waals surface area contributed by atoms with Crippen LogP contribution in [0, 0.1) is 19.8 Å². The molecule has 2 aromatic carbocycles. The number of carbonyl (C=O) groups is 2. The van der Waals surface area contributed by atoms with Crippen molar-refractivity contribution >= 4 is 23.2 Å². The molecule has 1 fully saturated rings. The number of piperazine rings is 1. The summed E-state index contributed by atoms with van der Waals surface area (Å²) in [5.74, 6) is -0.485. The Labute approximate surface area is 185 Å². The molecule has 1 saturated heterocycles. The second-order valence-corrected chi connectivity index (χ2v) is 8.84. The number of carbonyl (C=O) groups excluding carboxylic acids is 2. The average Bonchev–Trinajstić information content (AvgIpc) is 2.74. The van der Waals surface area contributed by atoms with Crippen LogP contribution >= 0.6 is 0 Å². The van der Waals surface area contributed by atoms with E-state index < -0.39 is 6.04 Å². The van der Waals surface area contributed by atoms with Crippen LogP contribution in [0.15, 0.2) is 42.5 Å². The fourth-order valence-electron chi connectivity index (χ4n) is 3.72. The van der Waals surface area contributed by atoms with E-state index in [1.807, 2.05) is 45.9 Å². The van der Waals surface area contributed by atoms with Gasteiger partial charge in [-0.3, -0.25) is 9.59 Å². The van der Waals surface area contributed by atoms with Gasteiger partial charge in [0.1, 0.15) is 6.04 Å². The van der Waals surface area contributed by atoms with Gasteiger partial charge in [-0.1, -0.05) is 31.5 Å². The van der Waals surface area contributed by atoms with Gasteiger partial charge in [0.05, 0.1) is 0 Å². The lowest BCUT2D eigenvalue weighted by atomic mass is 10.0. The maximum Gasteiger partial charge on any atom is 0.251 e. The summed E-state index contributed by atoms with van der Waals surface area (Å²) in [5.41, 5.74) is 4.61. The highest BCUT2D eigenvalue weighted by molar-refractivity contribution is 6.01. The normalized spacial score (nSPS) is 15.6. The van der Waals surface area contributed by atoms with Crippen molar-refractivity contribution in [1.82, 2.24) is 10.2 Å². The second kappa shape index (κ2) is 9.96.